The molecule has 0 bridgehead atoms. The quantitative estimate of drug-likeness (QED) is 0.288. The molecular formula is C16H13F4NO2S. The van der Waals surface area contributed by atoms with Gasteiger partial charge in [0.05, 0.1) is 21.4 Å². The maximum atomic E-state index is 14.3. The van der Waals surface area contributed by atoms with Crippen molar-refractivity contribution in [3.63, 3.8) is 0 Å². The van der Waals surface area contributed by atoms with Gasteiger partial charge in [0.15, 0.2) is 0 Å². The Balaban J connectivity index is 2.66. The van der Waals surface area contributed by atoms with Gasteiger partial charge in [0, 0.05) is 5.56 Å². The molecule has 8 heteroatoms. The molecule has 0 aliphatic rings. The zero-order chi connectivity index (χ0) is 17.9. The summed E-state index contributed by atoms with van der Waals surface area (Å²) in [5.41, 5.74) is -2.06. The molecule has 0 fully saturated rings. The first-order valence-corrected chi connectivity index (χ1v) is 8.01. The van der Waals surface area contributed by atoms with Crippen LogP contribution in [-0.2, 0) is 6.18 Å². The molecule has 0 N–H and O–H groups in total. The summed E-state index contributed by atoms with van der Waals surface area (Å²) in [6, 6.07) is 6.39. The van der Waals surface area contributed by atoms with Crippen LogP contribution in [0.25, 0.3) is 11.1 Å². The molecule has 0 heterocycles. The Morgan fingerprint density at radius 2 is 1.83 bits per heavy atom. The molecule has 0 spiro atoms. The average Bonchev–Trinajstić information content (AvgIpc) is 2.52. The molecule has 128 valence electrons. The highest BCUT2D eigenvalue weighted by molar-refractivity contribution is 7.99. The monoisotopic (exact) mass is 359 g/mol. The molecule has 2 rings (SSSR count). The predicted octanol–water partition coefficient (Wildman–Crippen LogP) is 5.92. The van der Waals surface area contributed by atoms with Gasteiger partial charge in [0.1, 0.15) is 5.82 Å². The van der Waals surface area contributed by atoms with Crippen LogP contribution in [0.3, 0.4) is 0 Å². The first-order valence-electron chi connectivity index (χ1n) is 7.03. The SMILES string of the molecule is CCCSc1cc(-c2ccccc2C(F)(F)F)c(F)cc1[N+](=O)[O-]. The molecule has 0 aromatic heterocycles. The second-order valence-electron chi connectivity index (χ2n) is 4.95. The number of hydrogen-bond acceptors (Lipinski definition) is 3. The van der Waals surface area contributed by atoms with E-state index in [2.05, 4.69) is 0 Å². The van der Waals surface area contributed by atoms with Crippen molar-refractivity contribution in [2.75, 3.05) is 5.75 Å². The van der Waals surface area contributed by atoms with E-state index in [-0.39, 0.29) is 16.0 Å². The lowest BCUT2D eigenvalue weighted by Gasteiger charge is -2.14. The van der Waals surface area contributed by atoms with Crippen molar-refractivity contribution < 1.29 is 22.5 Å². The lowest BCUT2D eigenvalue weighted by atomic mass is 9.98. The summed E-state index contributed by atoms with van der Waals surface area (Å²) in [6.45, 7) is 1.86. The molecule has 0 atom stereocenters. The largest absolute Gasteiger partial charge is 0.417 e. The Bertz CT molecular complexity index is 762. The highest BCUT2D eigenvalue weighted by atomic mass is 32.2. The first kappa shape index (κ1) is 18.3. The highest BCUT2D eigenvalue weighted by Crippen LogP contribution is 2.41. The van der Waals surface area contributed by atoms with Gasteiger partial charge in [-0.15, -0.1) is 11.8 Å². The van der Waals surface area contributed by atoms with Gasteiger partial charge >= 0.3 is 6.18 Å². The van der Waals surface area contributed by atoms with Gasteiger partial charge in [-0.3, -0.25) is 10.1 Å². The number of alkyl halides is 3. The summed E-state index contributed by atoms with van der Waals surface area (Å²) in [5, 5.41) is 11.1. The average molecular weight is 359 g/mol. The fourth-order valence-corrected chi connectivity index (χ4v) is 3.09. The Kier molecular flexibility index (Phi) is 5.48. The number of halogens is 4. The van der Waals surface area contributed by atoms with Gasteiger partial charge in [-0.2, -0.15) is 13.2 Å². The summed E-state index contributed by atoms with van der Waals surface area (Å²) >= 11 is 1.12. The number of rotatable bonds is 5. The molecular weight excluding hydrogens is 346 g/mol. The molecule has 0 radical (unpaired) electrons. The number of nitro benzene ring substituents is 1. The zero-order valence-corrected chi connectivity index (χ0v) is 13.4. The molecule has 0 saturated carbocycles. The molecule has 2 aromatic carbocycles. The van der Waals surface area contributed by atoms with Crippen LogP contribution in [0.2, 0.25) is 0 Å². The van der Waals surface area contributed by atoms with Gasteiger partial charge in [0.25, 0.3) is 5.69 Å². The number of nitro groups is 1. The minimum absolute atomic E-state index is 0.148. The molecule has 0 amide bonds. The molecule has 24 heavy (non-hydrogen) atoms. The van der Waals surface area contributed by atoms with Crippen molar-refractivity contribution in [3.8, 4) is 11.1 Å². The fourth-order valence-electron chi connectivity index (χ4n) is 2.18. The van der Waals surface area contributed by atoms with E-state index in [1.165, 1.54) is 12.1 Å². The van der Waals surface area contributed by atoms with Crippen LogP contribution >= 0.6 is 11.8 Å². The zero-order valence-electron chi connectivity index (χ0n) is 12.6. The minimum atomic E-state index is -4.65. The van der Waals surface area contributed by atoms with E-state index < -0.39 is 28.2 Å². The Morgan fingerprint density at radius 3 is 2.42 bits per heavy atom. The van der Waals surface area contributed by atoms with Gasteiger partial charge in [0.2, 0.25) is 0 Å². The van der Waals surface area contributed by atoms with E-state index in [4.69, 9.17) is 0 Å². The molecule has 0 unspecified atom stereocenters. The summed E-state index contributed by atoms with van der Waals surface area (Å²) < 4.78 is 53.7. The van der Waals surface area contributed by atoms with E-state index in [1.807, 2.05) is 6.92 Å². The van der Waals surface area contributed by atoms with Crippen molar-refractivity contribution in [1.29, 1.82) is 0 Å². The number of benzene rings is 2. The maximum Gasteiger partial charge on any atom is 0.417 e. The van der Waals surface area contributed by atoms with E-state index in [0.717, 1.165) is 30.0 Å². The van der Waals surface area contributed by atoms with Crippen LogP contribution in [0.15, 0.2) is 41.3 Å². The van der Waals surface area contributed by atoms with Crippen LogP contribution in [0.4, 0.5) is 23.2 Å². The first-order chi connectivity index (χ1) is 11.3. The number of thioether (sulfide) groups is 1. The van der Waals surface area contributed by atoms with Crippen LogP contribution in [0.1, 0.15) is 18.9 Å². The molecule has 3 nitrogen and oxygen atoms in total. The third kappa shape index (κ3) is 3.87. The maximum absolute atomic E-state index is 14.3. The van der Waals surface area contributed by atoms with Gasteiger partial charge < -0.3 is 0 Å². The second-order valence-corrected chi connectivity index (χ2v) is 6.09. The summed E-state index contributed by atoms with van der Waals surface area (Å²) in [6.07, 6.45) is -3.94. The third-order valence-electron chi connectivity index (χ3n) is 3.23. The van der Waals surface area contributed by atoms with Crippen molar-refractivity contribution in [1.82, 2.24) is 0 Å². The summed E-state index contributed by atoms with van der Waals surface area (Å²) in [4.78, 5) is 10.5. The van der Waals surface area contributed by atoms with Crippen LogP contribution in [0.5, 0.6) is 0 Å². The number of hydrogen-bond donors (Lipinski definition) is 0. The Hall–Kier alpha value is -2.09. The van der Waals surface area contributed by atoms with Gasteiger partial charge in [-0.1, -0.05) is 25.1 Å². The van der Waals surface area contributed by atoms with E-state index in [9.17, 15) is 27.7 Å². The highest BCUT2D eigenvalue weighted by Gasteiger charge is 2.34. The third-order valence-corrected chi connectivity index (χ3v) is 4.48. The lowest BCUT2D eigenvalue weighted by Crippen LogP contribution is -2.07. The molecule has 0 aliphatic heterocycles. The van der Waals surface area contributed by atoms with E-state index in [1.54, 1.807) is 0 Å². The van der Waals surface area contributed by atoms with Crippen molar-refractivity contribution >= 4 is 17.4 Å². The Morgan fingerprint density at radius 1 is 1.17 bits per heavy atom. The van der Waals surface area contributed by atoms with Gasteiger partial charge in [-0.05, 0) is 29.9 Å². The standard InChI is InChI=1S/C16H13F4NO2S/c1-2-7-24-15-8-11(13(17)9-14(15)21(22)23)10-5-3-4-6-12(10)16(18,19)20/h3-6,8-9H,2,7H2,1H3. The minimum Gasteiger partial charge on any atom is -0.258 e. The van der Waals surface area contributed by atoms with E-state index >= 15 is 0 Å². The smallest absolute Gasteiger partial charge is 0.258 e. The normalized spacial score (nSPS) is 11.5. The second kappa shape index (κ2) is 7.21. The fraction of sp³-hybridized carbons (Fsp3) is 0.250. The van der Waals surface area contributed by atoms with Crippen molar-refractivity contribution in [3.05, 3.63) is 57.9 Å². The van der Waals surface area contributed by atoms with E-state index in [0.29, 0.717) is 18.2 Å². The summed E-state index contributed by atoms with van der Waals surface area (Å²) in [5.74, 6) is -0.522. The van der Waals surface area contributed by atoms with Crippen molar-refractivity contribution in [2.45, 2.75) is 24.4 Å². The van der Waals surface area contributed by atoms with Crippen LogP contribution < -0.4 is 0 Å². The lowest BCUT2D eigenvalue weighted by molar-refractivity contribution is -0.387. The Labute approximate surface area is 139 Å². The van der Waals surface area contributed by atoms with Gasteiger partial charge in [-0.25, -0.2) is 4.39 Å². The molecule has 2 aromatic rings. The van der Waals surface area contributed by atoms with Crippen LogP contribution in [0, 0.1) is 15.9 Å². The summed E-state index contributed by atoms with van der Waals surface area (Å²) in [7, 11) is 0. The number of nitrogens with zero attached hydrogens (tertiary/aromatic N) is 1. The topological polar surface area (TPSA) is 43.1 Å². The van der Waals surface area contributed by atoms with Crippen LogP contribution in [-0.4, -0.2) is 10.7 Å². The predicted molar refractivity (Wildman–Crippen MR) is 84.5 cm³/mol. The molecule has 0 saturated heterocycles. The van der Waals surface area contributed by atoms with Crippen molar-refractivity contribution in [2.24, 2.45) is 0 Å². The molecule has 0 aliphatic carbocycles.